The highest BCUT2D eigenvalue weighted by Crippen LogP contribution is 2.43. The Bertz CT molecular complexity index is 556. The molecule has 0 aromatic carbocycles. The van der Waals surface area contributed by atoms with Gasteiger partial charge in [-0.1, -0.05) is 6.42 Å². The number of methoxy groups -OCH3 is 1. The number of rotatable bonds is 9. The van der Waals surface area contributed by atoms with Crippen molar-refractivity contribution in [2.24, 2.45) is 17.5 Å². The van der Waals surface area contributed by atoms with E-state index < -0.39 is 0 Å². The number of guanidine groups is 1. The molecular weight excluding hydrogens is 443 g/mol. The van der Waals surface area contributed by atoms with Crippen molar-refractivity contribution < 1.29 is 4.74 Å². The molecule has 1 unspecified atom stereocenters. The molecule has 1 atom stereocenters. The zero-order chi connectivity index (χ0) is 18.3. The van der Waals surface area contributed by atoms with Crippen LogP contribution in [-0.4, -0.2) is 68.6 Å². The van der Waals surface area contributed by atoms with Gasteiger partial charge in [0.25, 0.3) is 0 Å². The van der Waals surface area contributed by atoms with Gasteiger partial charge in [-0.2, -0.15) is 5.10 Å². The van der Waals surface area contributed by atoms with Crippen LogP contribution in [0.25, 0.3) is 0 Å². The predicted molar refractivity (Wildman–Crippen MR) is 117 cm³/mol. The van der Waals surface area contributed by atoms with Crippen LogP contribution in [-0.2, 0) is 11.8 Å². The van der Waals surface area contributed by atoms with Crippen molar-refractivity contribution >= 4 is 29.9 Å². The van der Waals surface area contributed by atoms with Gasteiger partial charge in [0.05, 0.1) is 12.2 Å². The second-order valence-electron chi connectivity index (χ2n) is 7.33. The van der Waals surface area contributed by atoms with Gasteiger partial charge in [-0.05, 0) is 38.8 Å². The summed E-state index contributed by atoms with van der Waals surface area (Å²) in [4.78, 5) is 6.58. The molecule has 1 aliphatic carbocycles. The van der Waals surface area contributed by atoms with E-state index in [2.05, 4.69) is 45.9 Å². The topological polar surface area (TPSA) is 66.7 Å². The number of aromatic nitrogens is 2. The Hall–Kier alpha value is -0.870. The number of nitrogens with zero attached hydrogens (tertiary/aromatic N) is 4. The lowest BCUT2D eigenvalue weighted by Gasteiger charge is -2.42. The lowest BCUT2D eigenvalue weighted by Crippen LogP contribution is -2.48. The molecule has 0 aliphatic heterocycles. The molecule has 150 valence electrons. The number of ether oxygens (including phenoxy) is 1. The number of aliphatic imine (C=N–C) groups is 1. The Balaban J connectivity index is 0.00000338. The second kappa shape index (κ2) is 11.1. The minimum absolute atomic E-state index is 0. The van der Waals surface area contributed by atoms with E-state index >= 15 is 0 Å². The van der Waals surface area contributed by atoms with Crippen LogP contribution < -0.4 is 10.6 Å². The summed E-state index contributed by atoms with van der Waals surface area (Å²) in [5, 5.41) is 11.3. The maximum absolute atomic E-state index is 5.28. The standard InChI is InChI=1S/C18H34N6O.HI/c1-19-17(21-14-18(7-6-8-18)9-10-25-5)20-12-16(23(2)3)15-11-22-24(4)13-15;/h11,13,16H,6-10,12,14H2,1-5H3,(H2,19,20,21);1H. The zero-order valence-corrected chi connectivity index (χ0v) is 19.1. The Morgan fingerprint density at radius 2 is 2.15 bits per heavy atom. The first-order valence-electron chi connectivity index (χ1n) is 9.08. The lowest BCUT2D eigenvalue weighted by atomic mass is 9.67. The van der Waals surface area contributed by atoms with Gasteiger partial charge in [0, 0.05) is 52.7 Å². The fourth-order valence-electron chi connectivity index (χ4n) is 3.41. The number of nitrogens with one attached hydrogen (secondary N) is 2. The van der Waals surface area contributed by atoms with Gasteiger partial charge in [0.15, 0.2) is 5.96 Å². The van der Waals surface area contributed by atoms with Crippen molar-refractivity contribution in [2.45, 2.75) is 31.7 Å². The molecule has 2 rings (SSSR count). The van der Waals surface area contributed by atoms with Crippen LogP contribution in [0.1, 0.15) is 37.3 Å². The van der Waals surface area contributed by atoms with Crippen LogP contribution in [0.4, 0.5) is 0 Å². The first kappa shape index (κ1) is 23.2. The molecule has 0 radical (unpaired) electrons. The van der Waals surface area contributed by atoms with Crippen LogP contribution in [0.2, 0.25) is 0 Å². The maximum Gasteiger partial charge on any atom is 0.191 e. The van der Waals surface area contributed by atoms with Crippen LogP contribution in [0, 0.1) is 5.41 Å². The molecule has 0 amide bonds. The van der Waals surface area contributed by atoms with Gasteiger partial charge < -0.3 is 20.3 Å². The molecule has 1 heterocycles. The summed E-state index contributed by atoms with van der Waals surface area (Å²) < 4.78 is 7.12. The molecule has 0 bridgehead atoms. The Kier molecular flexibility index (Phi) is 9.88. The fourth-order valence-corrected chi connectivity index (χ4v) is 3.41. The van der Waals surface area contributed by atoms with Crippen LogP contribution in [0.15, 0.2) is 17.4 Å². The molecule has 0 spiro atoms. The lowest BCUT2D eigenvalue weighted by molar-refractivity contribution is 0.0732. The van der Waals surface area contributed by atoms with Gasteiger partial charge in [-0.3, -0.25) is 9.67 Å². The Morgan fingerprint density at radius 3 is 2.62 bits per heavy atom. The number of likely N-dealkylation sites (N-methyl/N-ethyl adjacent to an activating group) is 1. The molecule has 2 N–H and O–H groups in total. The molecule has 26 heavy (non-hydrogen) atoms. The predicted octanol–water partition coefficient (Wildman–Crippen LogP) is 2.01. The molecule has 1 fully saturated rings. The van der Waals surface area contributed by atoms with Gasteiger partial charge in [-0.25, -0.2) is 0 Å². The highest BCUT2D eigenvalue weighted by atomic mass is 127. The average molecular weight is 478 g/mol. The van der Waals surface area contributed by atoms with Gasteiger partial charge in [0.2, 0.25) is 0 Å². The third-order valence-electron chi connectivity index (χ3n) is 5.30. The largest absolute Gasteiger partial charge is 0.385 e. The molecule has 7 nitrogen and oxygen atoms in total. The van der Waals surface area contributed by atoms with E-state index in [0.717, 1.165) is 32.1 Å². The summed E-state index contributed by atoms with van der Waals surface area (Å²) >= 11 is 0. The minimum atomic E-state index is 0. The van der Waals surface area contributed by atoms with Crippen molar-refractivity contribution in [1.29, 1.82) is 0 Å². The van der Waals surface area contributed by atoms with Crippen molar-refractivity contribution in [3.05, 3.63) is 18.0 Å². The van der Waals surface area contributed by atoms with Gasteiger partial charge in [-0.15, -0.1) is 24.0 Å². The molecule has 8 heteroatoms. The molecule has 0 saturated heterocycles. The van der Waals surface area contributed by atoms with Crippen LogP contribution in [0.3, 0.4) is 0 Å². The van der Waals surface area contributed by atoms with E-state index in [1.807, 2.05) is 25.0 Å². The van der Waals surface area contributed by atoms with E-state index in [1.165, 1.54) is 24.8 Å². The highest BCUT2D eigenvalue weighted by Gasteiger charge is 2.36. The van der Waals surface area contributed by atoms with E-state index in [1.54, 1.807) is 7.11 Å². The first-order chi connectivity index (χ1) is 12.0. The summed E-state index contributed by atoms with van der Waals surface area (Å²) in [5.41, 5.74) is 1.57. The molecule has 1 aromatic rings. The van der Waals surface area contributed by atoms with Crippen molar-refractivity contribution in [1.82, 2.24) is 25.3 Å². The SMILES string of the molecule is CN=C(NCC(c1cnn(C)c1)N(C)C)NCC1(CCOC)CCC1.I. The van der Waals surface area contributed by atoms with Crippen molar-refractivity contribution in [2.75, 3.05) is 47.9 Å². The second-order valence-corrected chi connectivity index (χ2v) is 7.33. The van der Waals surface area contributed by atoms with Crippen molar-refractivity contribution in [3.8, 4) is 0 Å². The number of aryl methyl sites for hydroxylation is 1. The minimum Gasteiger partial charge on any atom is -0.385 e. The molecule has 1 saturated carbocycles. The van der Waals surface area contributed by atoms with E-state index in [4.69, 9.17) is 4.74 Å². The summed E-state index contributed by atoms with van der Waals surface area (Å²) in [5.74, 6) is 0.861. The number of halogens is 1. The summed E-state index contributed by atoms with van der Waals surface area (Å²) in [6.45, 7) is 2.57. The third kappa shape index (κ3) is 6.38. The van der Waals surface area contributed by atoms with Gasteiger partial charge >= 0.3 is 0 Å². The smallest absolute Gasteiger partial charge is 0.191 e. The molecular formula is C18H35IN6O. The van der Waals surface area contributed by atoms with E-state index in [9.17, 15) is 0 Å². The van der Waals surface area contributed by atoms with E-state index in [0.29, 0.717) is 5.41 Å². The third-order valence-corrected chi connectivity index (χ3v) is 5.30. The Labute approximate surface area is 175 Å². The monoisotopic (exact) mass is 478 g/mol. The zero-order valence-electron chi connectivity index (χ0n) is 16.8. The van der Waals surface area contributed by atoms with Crippen molar-refractivity contribution in [3.63, 3.8) is 0 Å². The Morgan fingerprint density at radius 1 is 1.42 bits per heavy atom. The number of hydrogen-bond donors (Lipinski definition) is 2. The van der Waals surface area contributed by atoms with Crippen LogP contribution >= 0.6 is 24.0 Å². The van der Waals surface area contributed by atoms with Crippen LogP contribution in [0.5, 0.6) is 0 Å². The average Bonchev–Trinajstić information content (AvgIpc) is 2.97. The summed E-state index contributed by atoms with van der Waals surface area (Å²) in [7, 11) is 9.72. The maximum atomic E-state index is 5.28. The quantitative estimate of drug-likeness (QED) is 0.323. The fraction of sp³-hybridized carbons (Fsp3) is 0.778. The van der Waals surface area contributed by atoms with E-state index in [-0.39, 0.29) is 30.0 Å². The summed E-state index contributed by atoms with van der Waals surface area (Å²) in [6, 6.07) is 0.249. The molecule has 1 aromatic heterocycles. The highest BCUT2D eigenvalue weighted by molar-refractivity contribution is 14.0. The normalized spacial score (nSPS) is 17.4. The first-order valence-corrected chi connectivity index (χ1v) is 9.08. The van der Waals surface area contributed by atoms with Gasteiger partial charge in [0.1, 0.15) is 0 Å². The summed E-state index contributed by atoms with van der Waals surface area (Å²) in [6.07, 6.45) is 8.98. The molecule has 1 aliphatic rings. The number of hydrogen-bond acceptors (Lipinski definition) is 4.